The molecule has 2 heterocycles. The third-order valence-electron chi connectivity index (χ3n) is 6.37. The Morgan fingerprint density at radius 1 is 1.19 bits per heavy atom. The molecule has 1 saturated carbocycles. The largest absolute Gasteiger partial charge is 0.411 e. The first-order valence-electron chi connectivity index (χ1n) is 10.4. The van der Waals surface area contributed by atoms with Gasteiger partial charge in [0.15, 0.2) is 0 Å². The Balaban J connectivity index is 1.59. The van der Waals surface area contributed by atoms with Crippen molar-refractivity contribution in [2.24, 2.45) is 18.1 Å². The number of anilines is 1. The van der Waals surface area contributed by atoms with E-state index in [1.165, 1.54) is 0 Å². The second-order valence-electron chi connectivity index (χ2n) is 8.07. The van der Waals surface area contributed by atoms with Gasteiger partial charge in [-0.05, 0) is 43.4 Å². The number of hydrogen-bond acceptors (Lipinski definition) is 6. The van der Waals surface area contributed by atoms with Gasteiger partial charge in [0.2, 0.25) is 0 Å². The summed E-state index contributed by atoms with van der Waals surface area (Å²) in [6.45, 7) is 0. The molecule has 0 bridgehead atoms. The lowest BCUT2D eigenvalue weighted by Gasteiger charge is -2.36. The van der Waals surface area contributed by atoms with Crippen molar-refractivity contribution in [3.8, 4) is 6.07 Å². The van der Waals surface area contributed by atoms with E-state index in [4.69, 9.17) is 0 Å². The van der Waals surface area contributed by atoms with Crippen LogP contribution in [0.1, 0.15) is 36.9 Å². The van der Waals surface area contributed by atoms with Crippen molar-refractivity contribution >= 4 is 22.4 Å². The minimum absolute atomic E-state index is 0.103. The van der Waals surface area contributed by atoms with Crippen molar-refractivity contribution < 1.29 is 5.21 Å². The van der Waals surface area contributed by atoms with Crippen LogP contribution in [-0.4, -0.2) is 33.6 Å². The van der Waals surface area contributed by atoms with Crippen LogP contribution in [0.15, 0.2) is 58.5 Å². The minimum Gasteiger partial charge on any atom is -0.411 e. The Kier molecular flexibility index (Phi) is 5.72. The van der Waals surface area contributed by atoms with Gasteiger partial charge in [-0.25, -0.2) is 4.98 Å². The second kappa shape index (κ2) is 8.60. The maximum atomic E-state index is 12.5. The molecule has 2 aromatic heterocycles. The first-order chi connectivity index (χ1) is 15.0. The number of nitriles is 1. The summed E-state index contributed by atoms with van der Waals surface area (Å²) < 4.78 is 1.56. The van der Waals surface area contributed by atoms with Crippen LogP contribution in [0, 0.1) is 17.2 Å². The molecule has 1 aromatic carbocycles. The summed E-state index contributed by atoms with van der Waals surface area (Å²) in [5.41, 5.74) is 4.03. The van der Waals surface area contributed by atoms with Gasteiger partial charge in [0, 0.05) is 32.1 Å². The van der Waals surface area contributed by atoms with Gasteiger partial charge >= 0.3 is 0 Å². The van der Waals surface area contributed by atoms with Gasteiger partial charge in [0.05, 0.1) is 16.9 Å². The van der Waals surface area contributed by atoms with Gasteiger partial charge in [-0.3, -0.25) is 4.79 Å². The van der Waals surface area contributed by atoms with Crippen molar-refractivity contribution in [3.63, 3.8) is 0 Å². The molecule has 0 unspecified atom stereocenters. The number of hydrogen-bond donors (Lipinski definition) is 1. The molecule has 158 valence electrons. The number of nitrogens with zero attached hydrogens (tertiary/aromatic N) is 5. The summed E-state index contributed by atoms with van der Waals surface area (Å²) >= 11 is 0. The second-order valence-corrected chi connectivity index (χ2v) is 8.07. The molecule has 0 amide bonds. The van der Waals surface area contributed by atoms with Gasteiger partial charge in [0.25, 0.3) is 5.56 Å². The van der Waals surface area contributed by atoms with Gasteiger partial charge in [-0.1, -0.05) is 35.5 Å². The lowest BCUT2D eigenvalue weighted by molar-refractivity contribution is 0.307. The Hall–Kier alpha value is -3.66. The molecule has 31 heavy (non-hydrogen) atoms. The van der Waals surface area contributed by atoms with Crippen molar-refractivity contribution in [1.29, 1.82) is 5.26 Å². The van der Waals surface area contributed by atoms with E-state index in [-0.39, 0.29) is 17.5 Å². The summed E-state index contributed by atoms with van der Waals surface area (Å²) in [4.78, 5) is 19.1. The van der Waals surface area contributed by atoms with E-state index in [0.29, 0.717) is 16.7 Å². The van der Waals surface area contributed by atoms with E-state index in [9.17, 15) is 15.3 Å². The van der Waals surface area contributed by atoms with Gasteiger partial charge in [-0.2, -0.15) is 5.26 Å². The van der Waals surface area contributed by atoms with Crippen LogP contribution < -0.4 is 10.5 Å². The highest BCUT2D eigenvalue weighted by atomic mass is 16.4. The van der Waals surface area contributed by atoms with E-state index in [0.717, 1.165) is 42.6 Å². The quantitative estimate of drug-likeness (QED) is 0.398. The van der Waals surface area contributed by atoms with Crippen molar-refractivity contribution in [2.45, 2.75) is 31.7 Å². The molecule has 0 saturated heterocycles. The van der Waals surface area contributed by atoms with E-state index in [1.807, 2.05) is 37.4 Å². The van der Waals surface area contributed by atoms with Crippen LogP contribution in [0.5, 0.6) is 0 Å². The molecule has 4 rings (SSSR count). The number of aryl methyl sites for hydroxylation is 1. The fourth-order valence-corrected chi connectivity index (χ4v) is 4.56. The van der Waals surface area contributed by atoms with Crippen LogP contribution in [-0.2, 0) is 7.05 Å². The molecular formula is C24H25N5O2. The average Bonchev–Trinajstić information content (AvgIpc) is 2.82. The molecule has 0 aliphatic heterocycles. The summed E-state index contributed by atoms with van der Waals surface area (Å²) in [6, 6.07) is 17.1. The zero-order chi connectivity index (χ0) is 22.0. The monoisotopic (exact) mass is 415 g/mol. The van der Waals surface area contributed by atoms with Crippen molar-refractivity contribution in [3.05, 3.63) is 70.1 Å². The van der Waals surface area contributed by atoms with E-state index >= 15 is 0 Å². The number of rotatable bonds is 4. The first-order valence-corrected chi connectivity index (χ1v) is 10.4. The molecule has 7 heteroatoms. The Labute approximate surface area is 180 Å². The molecular weight excluding hydrogens is 390 g/mol. The average molecular weight is 415 g/mol. The topological polar surface area (TPSA) is 94.5 Å². The Morgan fingerprint density at radius 3 is 2.55 bits per heavy atom. The molecule has 0 radical (unpaired) electrons. The van der Waals surface area contributed by atoms with Gasteiger partial charge in [-0.15, -0.1) is 0 Å². The van der Waals surface area contributed by atoms with Crippen molar-refractivity contribution in [2.75, 3.05) is 11.9 Å². The summed E-state index contributed by atoms with van der Waals surface area (Å²) in [5.74, 6) is 0.195. The lowest BCUT2D eigenvalue weighted by atomic mass is 9.80. The number of oxime groups is 1. The predicted molar refractivity (Wildman–Crippen MR) is 121 cm³/mol. The maximum absolute atomic E-state index is 12.5. The molecule has 3 aromatic rings. The highest BCUT2D eigenvalue weighted by molar-refractivity contribution is 6.01. The zero-order valence-electron chi connectivity index (χ0n) is 17.7. The van der Waals surface area contributed by atoms with E-state index < -0.39 is 0 Å². The summed E-state index contributed by atoms with van der Waals surface area (Å²) in [7, 11) is 3.70. The fourth-order valence-electron chi connectivity index (χ4n) is 4.56. The van der Waals surface area contributed by atoms with Gasteiger partial charge in [0.1, 0.15) is 17.3 Å². The lowest BCUT2D eigenvalue weighted by Crippen LogP contribution is -2.37. The molecule has 1 N–H and O–H groups in total. The smallest absolute Gasteiger partial charge is 0.252 e. The number of pyridine rings is 2. The molecule has 1 aliphatic carbocycles. The van der Waals surface area contributed by atoms with Crippen LogP contribution in [0.3, 0.4) is 0 Å². The summed E-state index contributed by atoms with van der Waals surface area (Å²) in [5, 5.41) is 22.5. The first kappa shape index (κ1) is 20.6. The number of fused-ring (bicyclic) bond motifs is 1. The third-order valence-corrected chi connectivity index (χ3v) is 6.37. The fraction of sp³-hybridized carbons (Fsp3) is 0.333. The maximum Gasteiger partial charge on any atom is 0.252 e. The standard InChI is InChI=1S/C24H25N5O2/c1-28(21-14-22(30)29(2)20-13-10-18(15-25)26-24(20)21)19-11-8-17(9-12-19)23(27-31)16-6-4-3-5-7-16/h3-7,10,13-14,17,19,31H,8-9,11-12H2,1-2H3/b27-23+. The molecule has 0 atom stereocenters. The van der Waals surface area contributed by atoms with Crippen LogP contribution >= 0.6 is 0 Å². The van der Waals surface area contributed by atoms with E-state index in [1.54, 1.807) is 29.8 Å². The highest BCUT2D eigenvalue weighted by Crippen LogP contribution is 2.33. The Morgan fingerprint density at radius 2 is 1.90 bits per heavy atom. The number of aromatic nitrogens is 2. The van der Waals surface area contributed by atoms with Crippen LogP contribution in [0.4, 0.5) is 5.69 Å². The summed E-state index contributed by atoms with van der Waals surface area (Å²) in [6.07, 6.45) is 3.59. The van der Waals surface area contributed by atoms with Crippen molar-refractivity contribution in [1.82, 2.24) is 9.55 Å². The zero-order valence-corrected chi connectivity index (χ0v) is 17.7. The normalized spacial score (nSPS) is 19.2. The molecule has 0 spiro atoms. The molecule has 7 nitrogen and oxygen atoms in total. The minimum atomic E-state index is -0.103. The van der Waals surface area contributed by atoms with Gasteiger partial charge < -0.3 is 14.7 Å². The third kappa shape index (κ3) is 3.89. The van der Waals surface area contributed by atoms with Crippen LogP contribution in [0.2, 0.25) is 0 Å². The SMILES string of the molecule is CN(c1cc(=O)n(C)c2ccc(C#N)nc12)C1CCC(/C(=N/O)c2ccccc2)CC1. The van der Waals surface area contributed by atoms with E-state index in [2.05, 4.69) is 21.1 Å². The molecule has 1 aliphatic rings. The Bertz CT molecular complexity index is 1220. The van der Waals surface area contributed by atoms with Crippen LogP contribution in [0.25, 0.3) is 11.0 Å². The number of benzene rings is 1. The highest BCUT2D eigenvalue weighted by Gasteiger charge is 2.29. The predicted octanol–water partition coefficient (Wildman–Crippen LogP) is 3.68. The molecule has 1 fully saturated rings.